The van der Waals surface area contributed by atoms with Crippen molar-refractivity contribution in [2.45, 2.75) is 33.2 Å². The molecule has 1 aromatic carbocycles. The van der Waals surface area contributed by atoms with E-state index in [-0.39, 0.29) is 30.7 Å². The Morgan fingerprint density at radius 3 is 2.47 bits per heavy atom. The first-order valence-electron chi connectivity index (χ1n) is 5.87. The molecule has 0 radical (unpaired) electrons. The Kier molecular flexibility index (Phi) is 3.01. The summed E-state index contributed by atoms with van der Waals surface area (Å²) < 4.78 is 0. The van der Waals surface area contributed by atoms with E-state index < -0.39 is 0 Å². The van der Waals surface area contributed by atoms with Gasteiger partial charge in [0.15, 0.2) is 5.78 Å². The van der Waals surface area contributed by atoms with Crippen LogP contribution in [0.1, 0.15) is 36.1 Å². The number of ketones is 1. The van der Waals surface area contributed by atoms with Crippen LogP contribution in [-0.4, -0.2) is 23.1 Å². The third-order valence-electron chi connectivity index (χ3n) is 3.36. The number of Topliss-reactive ketones (excluding diaryl/α,β-unsaturated/α-hetero) is 1. The van der Waals surface area contributed by atoms with Gasteiger partial charge in [0.25, 0.3) is 0 Å². The molecule has 1 unspecified atom stereocenters. The van der Waals surface area contributed by atoms with Gasteiger partial charge in [-0.05, 0) is 31.9 Å². The molecule has 1 fully saturated rings. The Hall–Kier alpha value is -1.64. The van der Waals surface area contributed by atoms with Gasteiger partial charge in [-0.25, -0.2) is 0 Å². The Labute approximate surface area is 101 Å². The predicted octanol–water partition coefficient (Wildman–Crippen LogP) is 2.17. The van der Waals surface area contributed by atoms with Gasteiger partial charge in [-0.2, -0.15) is 0 Å². The van der Waals surface area contributed by atoms with Crippen molar-refractivity contribution in [1.29, 1.82) is 0 Å². The Morgan fingerprint density at radius 1 is 1.24 bits per heavy atom. The summed E-state index contributed by atoms with van der Waals surface area (Å²) in [5, 5.41) is 0. The quantitative estimate of drug-likeness (QED) is 0.731. The molecule has 1 aliphatic heterocycles. The van der Waals surface area contributed by atoms with Gasteiger partial charge in [-0.3, -0.25) is 9.59 Å². The molecule has 0 N–H and O–H groups in total. The molecule has 1 atom stereocenters. The first kappa shape index (κ1) is 11.8. The predicted molar refractivity (Wildman–Crippen MR) is 65.7 cm³/mol. The number of carbonyl (C=O) groups is 2. The number of aryl methyl sites for hydroxylation is 2. The molecular weight excluding hydrogens is 214 g/mol. The molecule has 1 heterocycles. The highest BCUT2D eigenvalue weighted by atomic mass is 16.2. The van der Waals surface area contributed by atoms with E-state index in [1.54, 1.807) is 4.90 Å². The average molecular weight is 231 g/mol. The standard InChI is InChI=1S/C14H17NO2/c1-9-4-5-13(10(2)6-9)11(3)15-8-12(16)7-14(15)17/h4-6,11H,7-8H2,1-3H3. The first-order valence-corrected chi connectivity index (χ1v) is 5.87. The van der Waals surface area contributed by atoms with Crippen LogP contribution in [0.5, 0.6) is 0 Å². The summed E-state index contributed by atoms with van der Waals surface area (Å²) in [5.74, 6) is -0.0333. The van der Waals surface area contributed by atoms with Crippen molar-refractivity contribution in [3.05, 3.63) is 34.9 Å². The van der Waals surface area contributed by atoms with Gasteiger partial charge < -0.3 is 4.90 Å². The van der Waals surface area contributed by atoms with Crippen LogP contribution in [0.25, 0.3) is 0 Å². The summed E-state index contributed by atoms with van der Waals surface area (Å²) in [6, 6.07) is 6.18. The SMILES string of the molecule is Cc1ccc(C(C)N2CC(=O)CC2=O)c(C)c1. The third kappa shape index (κ3) is 2.23. The molecule has 1 saturated heterocycles. The summed E-state index contributed by atoms with van der Waals surface area (Å²) >= 11 is 0. The summed E-state index contributed by atoms with van der Waals surface area (Å²) in [6.45, 7) is 6.33. The highest BCUT2D eigenvalue weighted by molar-refractivity contribution is 6.05. The van der Waals surface area contributed by atoms with Crippen molar-refractivity contribution in [3.8, 4) is 0 Å². The lowest BCUT2D eigenvalue weighted by Gasteiger charge is -2.25. The van der Waals surface area contributed by atoms with Crippen molar-refractivity contribution in [2.75, 3.05) is 6.54 Å². The average Bonchev–Trinajstić information content (AvgIpc) is 2.57. The van der Waals surface area contributed by atoms with E-state index in [9.17, 15) is 9.59 Å². The van der Waals surface area contributed by atoms with E-state index in [2.05, 4.69) is 6.07 Å². The minimum atomic E-state index is -0.0533. The number of hydrogen-bond acceptors (Lipinski definition) is 2. The molecule has 90 valence electrons. The maximum Gasteiger partial charge on any atom is 0.230 e. The van der Waals surface area contributed by atoms with Gasteiger partial charge in [0.1, 0.15) is 0 Å². The first-order chi connectivity index (χ1) is 7.99. The van der Waals surface area contributed by atoms with E-state index in [4.69, 9.17) is 0 Å². The number of hydrogen-bond donors (Lipinski definition) is 0. The number of nitrogens with zero attached hydrogens (tertiary/aromatic N) is 1. The number of rotatable bonds is 2. The molecule has 1 amide bonds. The van der Waals surface area contributed by atoms with E-state index in [0.29, 0.717) is 0 Å². The van der Waals surface area contributed by atoms with Gasteiger partial charge >= 0.3 is 0 Å². The maximum atomic E-state index is 11.7. The second kappa shape index (κ2) is 4.32. The van der Waals surface area contributed by atoms with Crippen molar-refractivity contribution in [3.63, 3.8) is 0 Å². The molecular formula is C14H17NO2. The van der Waals surface area contributed by atoms with Crippen LogP contribution in [0.4, 0.5) is 0 Å². The molecule has 0 saturated carbocycles. The summed E-state index contributed by atoms with van der Waals surface area (Å²) in [7, 11) is 0. The summed E-state index contributed by atoms with van der Waals surface area (Å²) in [4.78, 5) is 24.6. The second-order valence-corrected chi connectivity index (χ2v) is 4.77. The molecule has 2 rings (SSSR count). The Morgan fingerprint density at radius 2 is 1.94 bits per heavy atom. The third-order valence-corrected chi connectivity index (χ3v) is 3.36. The zero-order valence-electron chi connectivity index (χ0n) is 10.5. The minimum absolute atomic E-state index is 0.0189. The molecule has 3 heteroatoms. The van der Waals surface area contributed by atoms with Crippen molar-refractivity contribution < 1.29 is 9.59 Å². The minimum Gasteiger partial charge on any atom is -0.328 e. The van der Waals surface area contributed by atoms with Crippen molar-refractivity contribution in [1.82, 2.24) is 4.90 Å². The second-order valence-electron chi connectivity index (χ2n) is 4.77. The summed E-state index contributed by atoms with van der Waals surface area (Å²) in [6.07, 6.45) is 0.0647. The molecule has 1 aromatic rings. The number of carbonyl (C=O) groups excluding carboxylic acids is 2. The van der Waals surface area contributed by atoms with Crippen LogP contribution in [0, 0.1) is 13.8 Å². The molecule has 17 heavy (non-hydrogen) atoms. The molecule has 1 aliphatic rings. The fraction of sp³-hybridized carbons (Fsp3) is 0.429. The normalized spacial score (nSPS) is 17.7. The van der Waals surface area contributed by atoms with Crippen LogP contribution in [-0.2, 0) is 9.59 Å². The monoisotopic (exact) mass is 231 g/mol. The van der Waals surface area contributed by atoms with Crippen molar-refractivity contribution >= 4 is 11.7 Å². The van der Waals surface area contributed by atoms with Gasteiger partial charge in [0.05, 0.1) is 19.0 Å². The molecule has 0 aliphatic carbocycles. The molecule has 3 nitrogen and oxygen atoms in total. The molecule has 0 spiro atoms. The lowest BCUT2D eigenvalue weighted by atomic mass is 9.99. The maximum absolute atomic E-state index is 11.7. The zero-order valence-corrected chi connectivity index (χ0v) is 10.5. The Balaban J connectivity index is 2.28. The highest BCUT2D eigenvalue weighted by Gasteiger charge is 2.31. The van der Waals surface area contributed by atoms with E-state index in [1.807, 2.05) is 32.9 Å². The molecule has 0 bridgehead atoms. The van der Waals surface area contributed by atoms with E-state index in [1.165, 1.54) is 11.1 Å². The lowest BCUT2D eigenvalue weighted by molar-refractivity contribution is -0.129. The van der Waals surface area contributed by atoms with Gasteiger partial charge in [-0.1, -0.05) is 23.8 Å². The smallest absolute Gasteiger partial charge is 0.230 e. The van der Waals surface area contributed by atoms with E-state index in [0.717, 1.165) is 5.56 Å². The fourth-order valence-corrected chi connectivity index (χ4v) is 2.42. The van der Waals surface area contributed by atoms with Gasteiger partial charge in [-0.15, -0.1) is 0 Å². The number of amides is 1. The van der Waals surface area contributed by atoms with Gasteiger partial charge in [0.2, 0.25) is 5.91 Å². The van der Waals surface area contributed by atoms with Crippen molar-refractivity contribution in [2.24, 2.45) is 0 Å². The number of benzene rings is 1. The van der Waals surface area contributed by atoms with Gasteiger partial charge in [0, 0.05) is 0 Å². The lowest BCUT2D eigenvalue weighted by Crippen LogP contribution is -2.29. The van der Waals surface area contributed by atoms with Crippen LogP contribution >= 0.6 is 0 Å². The van der Waals surface area contributed by atoms with Crippen LogP contribution in [0.2, 0.25) is 0 Å². The van der Waals surface area contributed by atoms with E-state index >= 15 is 0 Å². The topological polar surface area (TPSA) is 37.4 Å². The van der Waals surface area contributed by atoms with Crippen LogP contribution < -0.4 is 0 Å². The highest BCUT2D eigenvalue weighted by Crippen LogP contribution is 2.27. The zero-order chi connectivity index (χ0) is 12.6. The van der Waals surface area contributed by atoms with Crippen LogP contribution in [0.3, 0.4) is 0 Å². The number of likely N-dealkylation sites (tertiary alicyclic amines) is 1. The largest absolute Gasteiger partial charge is 0.328 e. The molecule has 0 aromatic heterocycles. The fourth-order valence-electron chi connectivity index (χ4n) is 2.42. The van der Waals surface area contributed by atoms with Crippen LogP contribution in [0.15, 0.2) is 18.2 Å². The Bertz CT molecular complexity index is 479. The summed E-state index contributed by atoms with van der Waals surface area (Å²) in [5.41, 5.74) is 3.51.